The number of rotatable bonds is 0. The highest BCUT2D eigenvalue weighted by atomic mass is 16.5. The summed E-state index contributed by atoms with van der Waals surface area (Å²) in [6.45, 7) is 8.11. The highest BCUT2D eigenvalue weighted by molar-refractivity contribution is 5.55. The number of hydrogen-bond donors (Lipinski definition) is 4. The van der Waals surface area contributed by atoms with Crippen LogP contribution in [0.2, 0.25) is 0 Å². The number of nitrogens with one attached hydrogen (secondary N) is 4. The Labute approximate surface area is 155 Å². The molecular weight excluding hydrogens is 330 g/mol. The first kappa shape index (κ1) is 19.3. The van der Waals surface area contributed by atoms with Crippen molar-refractivity contribution in [2.45, 2.75) is 18.9 Å². The van der Waals surface area contributed by atoms with Crippen LogP contribution in [0, 0.1) is 5.21 Å². The van der Waals surface area contributed by atoms with Gasteiger partial charge in [0.2, 0.25) is 5.35 Å². The van der Waals surface area contributed by atoms with E-state index >= 15 is 0 Å². The molecule has 7 nitrogen and oxygen atoms in total. The molecule has 7 heteroatoms. The molecule has 2 aliphatic rings. The van der Waals surface area contributed by atoms with E-state index in [1.165, 1.54) is 5.57 Å². The zero-order valence-electron chi connectivity index (χ0n) is 15.4. The van der Waals surface area contributed by atoms with Crippen molar-refractivity contribution >= 4 is 11.6 Å². The van der Waals surface area contributed by atoms with Crippen molar-refractivity contribution in [1.29, 1.82) is 0 Å². The molecule has 0 radical (unpaired) electrons. The van der Waals surface area contributed by atoms with Crippen molar-refractivity contribution in [1.82, 2.24) is 21.3 Å². The molecule has 1 aliphatic heterocycles. The minimum absolute atomic E-state index is 0.0335. The normalized spacial score (nSPS) is 24.0. The van der Waals surface area contributed by atoms with Gasteiger partial charge in [-0.3, -0.25) is 0 Å². The third kappa shape index (κ3) is 5.49. The lowest BCUT2D eigenvalue weighted by Crippen LogP contribution is -2.56. The van der Waals surface area contributed by atoms with Gasteiger partial charge in [-0.1, -0.05) is 0 Å². The van der Waals surface area contributed by atoms with Crippen LogP contribution in [-0.2, 0) is 4.74 Å². The van der Waals surface area contributed by atoms with Gasteiger partial charge in [0.15, 0.2) is 6.20 Å². The van der Waals surface area contributed by atoms with Crippen molar-refractivity contribution in [3.05, 3.63) is 34.1 Å². The summed E-state index contributed by atoms with van der Waals surface area (Å²) in [6, 6.07) is 3.84. The van der Waals surface area contributed by atoms with Crippen LogP contribution in [0.1, 0.15) is 12.8 Å². The Morgan fingerprint density at radius 1 is 0.962 bits per heavy atom. The van der Waals surface area contributed by atoms with Crippen molar-refractivity contribution in [3.8, 4) is 0 Å². The molecule has 1 fully saturated rings. The van der Waals surface area contributed by atoms with E-state index in [4.69, 9.17) is 4.74 Å². The zero-order valence-corrected chi connectivity index (χ0v) is 15.4. The van der Waals surface area contributed by atoms with Gasteiger partial charge in [-0.25, -0.2) is 0 Å². The molecule has 2 heterocycles. The van der Waals surface area contributed by atoms with Gasteiger partial charge >= 0.3 is 0 Å². The van der Waals surface area contributed by atoms with Crippen LogP contribution in [0.25, 0.3) is 11.6 Å². The van der Waals surface area contributed by atoms with E-state index in [0.29, 0.717) is 6.61 Å². The summed E-state index contributed by atoms with van der Waals surface area (Å²) >= 11 is 0. The molecule has 1 saturated heterocycles. The average Bonchev–Trinajstić information content (AvgIpc) is 2.65. The molecule has 1 atom stereocenters. The second kappa shape index (κ2) is 10.6. The number of pyridine rings is 1. The Bertz CT molecular complexity index is 679. The van der Waals surface area contributed by atoms with Crippen molar-refractivity contribution in [2.75, 3.05) is 59.0 Å². The topological polar surface area (TPSA) is 84.3 Å². The quantitative estimate of drug-likeness (QED) is 0.310. The molecule has 1 aromatic rings. The fraction of sp³-hybridized carbons (Fsp3) is 0.632. The molecule has 1 aliphatic carbocycles. The van der Waals surface area contributed by atoms with Crippen LogP contribution in [0.3, 0.4) is 0 Å². The number of ether oxygens (including phenoxy) is 1. The molecule has 4 N–H and O–H groups in total. The molecule has 0 saturated carbocycles. The van der Waals surface area contributed by atoms with E-state index in [1.54, 1.807) is 6.20 Å². The van der Waals surface area contributed by atoms with Crippen LogP contribution >= 0.6 is 0 Å². The van der Waals surface area contributed by atoms with Crippen molar-refractivity contribution in [2.24, 2.45) is 0 Å². The highest BCUT2D eigenvalue weighted by Gasteiger charge is 2.20. The first-order valence-electron chi connectivity index (χ1n) is 9.72. The Morgan fingerprint density at radius 3 is 2.54 bits per heavy atom. The van der Waals surface area contributed by atoms with E-state index in [1.807, 2.05) is 18.2 Å². The highest BCUT2D eigenvalue weighted by Crippen LogP contribution is 2.13. The lowest BCUT2D eigenvalue weighted by molar-refractivity contribution is -0.620. The first-order chi connectivity index (χ1) is 12.9. The van der Waals surface area contributed by atoms with E-state index < -0.39 is 0 Å². The van der Waals surface area contributed by atoms with Crippen LogP contribution in [-0.4, -0.2) is 65.1 Å². The van der Waals surface area contributed by atoms with Crippen molar-refractivity contribution < 1.29 is 9.47 Å². The summed E-state index contributed by atoms with van der Waals surface area (Å²) in [5, 5.41) is 27.7. The molecule has 26 heavy (non-hydrogen) atoms. The molecule has 0 amide bonds. The number of aromatic nitrogens is 1. The van der Waals surface area contributed by atoms with E-state index in [9.17, 15) is 5.21 Å². The fourth-order valence-corrected chi connectivity index (χ4v) is 3.45. The predicted molar refractivity (Wildman–Crippen MR) is 103 cm³/mol. The van der Waals surface area contributed by atoms with Crippen LogP contribution in [0.4, 0.5) is 0 Å². The molecule has 0 spiro atoms. The van der Waals surface area contributed by atoms with Gasteiger partial charge in [0, 0.05) is 51.8 Å². The standard InChI is InChI=1S/C19H31N5O2/c25-24-13-1-3-16-17-15-23-7-2-6-20-8-9-21-10-11-22-12-14-26-19(17)5-4-18(16)24/h1,3-4,13,19-23H,2,5-12,14-15H2. The van der Waals surface area contributed by atoms with E-state index in [0.717, 1.165) is 80.5 Å². The maximum absolute atomic E-state index is 12.1. The SMILES string of the molecule is [O-][n+]1cccc2c1=CCC1OCCNCCNCCNCCCNCC=21. The maximum Gasteiger partial charge on any atom is 0.219 e. The molecule has 0 aromatic carbocycles. The first-order valence-corrected chi connectivity index (χ1v) is 9.72. The largest absolute Gasteiger partial charge is 0.618 e. The smallest absolute Gasteiger partial charge is 0.219 e. The Hall–Kier alpha value is -1.51. The van der Waals surface area contributed by atoms with Gasteiger partial charge < -0.3 is 31.2 Å². The Kier molecular flexibility index (Phi) is 7.85. The second-order valence-electron chi connectivity index (χ2n) is 6.74. The summed E-state index contributed by atoms with van der Waals surface area (Å²) in [4.78, 5) is 0. The van der Waals surface area contributed by atoms with Gasteiger partial charge in [-0.15, -0.1) is 0 Å². The summed E-state index contributed by atoms with van der Waals surface area (Å²) in [5.41, 5.74) is 1.19. The van der Waals surface area contributed by atoms with E-state index in [-0.39, 0.29) is 6.10 Å². The number of fused-ring (bicyclic) bond motifs is 2. The van der Waals surface area contributed by atoms with Gasteiger partial charge in [-0.2, -0.15) is 4.73 Å². The van der Waals surface area contributed by atoms with E-state index in [2.05, 4.69) is 21.3 Å². The van der Waals surface area contributed by atoms with Gasteiger partial charge in [0.25, 0.3) is 0 Å². The zero-order chi connectivity index (χ0) is 18.0. The Morgan fingerprint density at radius 2 is 1.69 bits per heavy atom. The van der Waals surface area contributed by atoms with Gasteiger partial charge in [0.1, 0.15) is 0 Å². The predicted octanol–water partition coefficient (Wildman–Crippen LogP) is -2.20. The molecule has 3 rings (SSSR count). The molecule has 1 aromatic heterocycles. The average molecular weight is 361 g/mol. The summed E-state index contributed by atoms with van der Waals surface area (Å²) < 4.78 is 7.11. The Balaban J connectivity index is 1.71. The molecule has 0 bridgehead atoms. The molecule has 1 unspecified atom stereocenters. The lowest BCUT2D eigenvalue weighted by atomic mass is 9.98. The lowest BCUT2D eigenvalue weighted by Gasteiger charge is -2.23. The monoisotopic (exact) mass is 361 g/mol. The summed E-state index contributed by atoms with van der Waals surface area (Å²) in [7, 11) is 0. The summed E-state index contributed by atoms with van der Waals surface area (Å²) in [6.07, 6.45) is 5.42. The molecule has 144 valence electrons. The van der Waals surface area contributed by atoms with Crippen LogP contribution < -0.4 is 36.6 Å². The van der Waals surface area contributed by atoms with Crippen LogP contribution in [0.15, 0.2) is 18.3 Å². The fourth-order valence-electron chi connectivity index (χ4n) is 3.45. The minimum Gasteiger partial charge on any atom is -0.618 e. The number of nitrogens with zero attached hydrogens (tertiary/aromatic N) is 1. The number of hydrogen-bond acceptors (Lipinski definition) is 6. The van der Waals surface area contributed by atoms with Crippen molar-refractivity contribution in [3.63, 3.8) is 0 Å². The summed E-state index contributed by atoms with van der Waals surface area (Å²) in [5.74, 6) is 0. The third-order valence-electron chi connectivity index (χ3n) is 4.84. The van der Waals surface area contributed by atoms with Gasteiger partial charge in [-0.05, 0) is 37.2 Å². The maximum atomic E-state index is 12.1. The minimum atomic E-state index is 0.0335. The third-order valence-corrected chi connectivity index (χ3v) is 4.84. The van der Waals surface area contributed by atoms with Gasteiger partial charge in [0.05, 0.1) is 17.9 Å². The molecular formula is C19H31N5O2. The second-order valence-corrected chi connectivity index (χ2v) is 6.74. The van der Waals surface area contributed by atoms with Crippen LogP contribution in [0.5, 0.6) is 0 Å².